The number of oxime groups is 1. The summed E-state index contributed by atoms with van der Waals surface area (Å²) in [5.74, 6) is -0.0516. The average Bonchev–Trinajstić information content (AvgIpc) is 3.03. The van der Waals surface area contributed by atoms with Crippen molar-refractivity contribution in [2.24, 2.45) is 5.16 Å². The van der Waals surface area contributed by atoms with Gasteiger partial charge >= 0.3 is 10.1 Å². The summed E-state index contributed by atoms with van der Waals surface area (Å²) in [6.45, 7) is 3.85. The van der Waals surface area contributed by atoms with Crippen LogP contribution in [0.5, 0.6) is 0 Å². The van der Waals surface area contributed by atoms with Crippen LogP contribution < -0.4 is 0 Å². The Morgan fingerprint density at radius 1 is 1.33 bits per heavy atom. The number of unbranched alkanes of at least 4 members (excludes halogenated alkanes) is 1. The number of hydrogen-bond donors (Lipinski definition) is 0. The molecule has 0 saturated carbocycles. The Morgan fingerprint density at radius 3 is 2.75 bits per heavy atom. The van der Waals surface area contributed by atoms with Gasteiger partial charge in [-0.3, -0.25) is 4.28 Å². The van der Waals surface area contributed by atoms with Crippen molar-refractivity contribution in [2.45, 2.75) is 26.7 Å². The smallest absolute Gasteiger partial charge is 0.267 e. The Balaban J connectivity index is 2.18. The quantitative estimate of drug-likeness (QED) is 0.564. The summed E-state index contributed by atoms with van der Waals surface area (Å²) in [5, 5.41) is 13.6. The van der Waals surface area contributed by atoms with Crippen LogP contribution in [0, 0.1) is 18.3 Å². The molecule has 1 heterocycles. The Bertz CT molecular complexity index is 847. The molecule has 0 bridgehead atoms. The Morgan fingerprint density at radius 2 is 2.08 bits per heavy atom. The molecule has 0 fully saturated rings. The van der Waals surface area contributed by atoms with E-state index in [9.17, 15) is 13.7 Å². The largest absolute Gasteiger partial charge is 0.328 e. The highest BCUT2D eigenvalue weighted by molar-refractivity contribution is 8.18. The number of rotatable bonds is 6. The van der Waals surface area contributed by atoms with Gasteiger partial charge in [0.15, 0.2) is 0 Å². The van der Waals surface area contributed by atoms with Gasteiger partial charge in [-0.05, 0) is 36.6 Å². The molecule has 1 aliphatic heterocycles. The van der Waals surface area contributed by atoms with Gasteiger partial charge in [-0.15, -0.1) is 0 Å². The molecule has 24 heavy (non-hydrogen) atoms. The molecule has 1 aliphatic rings. The third-order valence-corrected chi connectivity index (χ3v) is 5.42. The first kappa shape index (κ1) is 18.3. The normalized spacial score (nSPS) is 17.8. The van der Waals surface area contributed by atoms with Crippen molar-refractivity contribution in [3.05, 3.63) is 52.4 Å². The van der Waals surface area contributed by atoms with Crippen LogP contribution in [0.1, 0.15) is 30.9 Å². The zero-order valence-corrected chi connectivity index (χ0v) is 15.2. The van der Waals surface area contributed by atoms with Crippen LogP contribution in [0.3, 0.4) is 0 Å². The molecule has 7 heteroatoms. The van der Waals surface area contributed by atoms with Gasteiger partial charge in [0.25, 0.3) is 0 Å². The molecule has 2 rings (SSSR count). The second kappa shape index (κ2) is 8.18. The molecule has 1 aromatic carbocycles. The summed E-state index contributed by atoms with van der Waals surface area (Å²) in [7, 11) is -3.65. The maximum absolute atomic E-state index is 11.7. The summed E-state index contributed by atoms with van der Waals surface area (Å²) in [4.78, 5) is 0.722. The number of aryl methyl sites for hydroxylation is 1. The van der Waals surface area contributed by atoms with E-state index in [1.807, 2.05) is 38.1 Å². The SMILES string of the molecule is CCCCS(=O)(=O)O/N=C1C=C/C(=C(\C#N)c2ccccc2C)S\1. The first-order chi connectivity index (χ1) is 11.5. The number of hydrogen-bond acceptors (Lipinski definition) is 6. The zero-order valence-electron chi connectivity index (χ0n) is 13.5. The molecule has 0 aromatic heterocycles. The Labute approximate surface area is 146 Å². The van der Waals surface area contributed by atoms with Gasteiger partial charge in [-0.25, -0.2) is 0 Å². The van der Waals surface area contributed by atoms with Gasteiger partial charge in [0, 0.05) is 4.91 Å². The number of nitriles is 1. The van der Waals surface area contributed by atoms with Crippen molar-refractivity contribution >= 4 is 32.5 Å². The molecule has 0 aliphatic carbocycles. The summed E-state index contributed by atoms with van der Waals surface area (Å²) in [6, 6.07) is 9.83. The van der Waals surface area contributed by atoms with Gasteiger partial charge in [-0.1, -0.05) is 54.5 Å². The molecule has 0 N–H and O–H groups in total. The van der Waals surface area contributed by atoms with E-state index in [1.54, 1.807) is 12.2 Å². The molecule has 1 aromatic rings. The minimum atomic E-state index is -3.65. The van der Waals surface area contributed by atoms with Crippen molar-refractivity contribution < 1.29 is 12.7 Å². The molecule has 0 radical (unpaired) electrons. The maximum Gasteiger partial charge on any atom is 0.328 e. The van der Waals surface area contributed by atoms with Crippen LogP contribution in [-0.2, 0) is 14.4 Å². The second-order valence-corrected chi connectivity index (χ2v) is 7.96. The van der Waals surface area contributed by atoms with Gasteiger partial charge in [0.1, 0.15) is 11.1 Å². The lowest BCUT2D eigenvalue weighted by Crippen LogP contribution is -2.07. The first-order valence-corrected chi connectivity index (χ1v) is 9.92. The van der Waals surface area contributed by atoms with E-state index in [4.69, 9.17) is 0 Å². The van der Waals surface area contributed by atoms with E-state index >= 15 is 0 Å². The lowest BCUT2D eigenvalue weighted by atomic mass is 10.0. The van der Waals surface area contributed by atoms with E-state index in [1.165, 1.54) is 11.8 Å². The van der Waals surface area contributed by atoms with Crippen molar-refractivity contribution in [2.75, 3.05) is 5.75 Å². The highest BCUT2D eigenvalue weighted by atomic mass is 32.2. The number of benzene rings is 1. The van der Waals surface area contributed by atoms with Gasteiger partial charge in [0.05, 0.1) is 11.3 Å². The monoisotopic (exact) mass is 362 g/mol. The van der Waals surface area contributed by atoms with Crippen LogP contribution in [0.15, 0.2) is 46.5 Å². The second-order valence-electron chi connectivity index (χ2n) is 5.22. The Kier molecular flexibility index (Phi) is 6.23. The van der Waals surface area contributed by atoms with Crippen LogP contribution in [-0.4, -0.2) is 19.2 Å². The highest BCUT2D eigenvalue weighted by Crippen LogP contribution is 2.34. The predicted octanol–water partition coefficient (Wildman–Crippen LogP) is 3.99. The van der Waals surface area contributed by atoms with Gasteiger partial charge < -0.3 is 0 Å². The summed E-state index contributed by atoms with van der Waals surface area (Å²) in [6.07, 6.45) is 4.69. The number of nitrogens with zero attached hydrogens (tertiary/aromatic N) is 2. The molecular formula is C17H18N2O3S2. The fraction of sp³-hybridized carbons (Fsp3) is 0.294. The van der Waals surface area contributed by atoms with Gasteiger partial charge in [-0.2, -0.15) is 13.7 Å². The maximum atomic E-state index is 11.7. The van der Waals surface area contributed by atoms with Crippen LogP contribution >= 0.6 is 11.8 Å². The lowest BCUT2D eigenvalue weighted by Gasteiger charge is -2.06. The van der Waals surface area contributed by atoms with Crippen LogP contribution in [0.2, 0.25) is 0 Å². The number of allylic oxidation sites excluding steroid dienone is 2. The molecule has 0 unspecified atom stereocenters. The van der Waals surface area contributed by atoms with Gasteiger partial charge in [0.2, 0.25) is 0 Å². The molecule has 126 valence electrons. The molecule has 0 atom stereocenters. The van der Waals surface area contributed by atoms with Crippen LogP contribution in [0.25, 0.3) is 5.57 Å². The molecular weight excluding hydrogens is 344 g/mol. The van der Waals surface area contributed by atoms with Crippen LogP contribution in [0.4, 0.5) is 0 Å². The first-order valence-electron chi connectivity index (χ1n) is 7.52. The fourth-order valence-corrected chi connectivity index (χ4v) is 3.85. The van der Waals surface area contributed by atoms with E-state index in [0.717, 1.165) is 22.5 Å². The minimum Gasteiger partial charge on any atom is -0.267 e. The standard InChI is InChI=1S/C17H18N2O3S2/c1-3-4-11-24(20,21)22-19-17-10-9-16(23-17)15(12-18)14-8-6-5-7-13(14)2/h5-10H,3-4,11H2,1-2H3/b16-15-,19-17+. The van der Waals surface area contributed by atoms with E-state index in [2.05, 4.69) is 15.5 Å². The summed E-state index contributed by atoms with van der Waals surface area (Å²) >= 11 is 1.22. The zero-order chi connectivity index (χ0) is 17.6. The summed E-state index contributed by atoms with van der Waals surface area (Å²) < 4.78 is 28.0. The van der Waals surface area contributed by atoms with Crippen molar-refractivity contribution in [1.82, 2.24) is 0 Å². The van der Waals surface area contributed by atoms with Crippen molar-refractivity contribution in [3.63, 3.8) is 0 Å². The third-order valence-electron chi connectivity index (χ3n) is 3.35. The topological polar surface area (TPSA) is 79.5 Å². The average molecular weight is 362 g/mol. The Hall–Kier alpha value is -2.04. The van der Waals surface area contributed by atoms with E-state index < -0.39 is 10.1 Å². The lowest BCUT2D eigenvalue weighted by molar-refractivity contribution is 0.340. The molecule has 0 amide bonds. The third kappa shape index (κ3) is 4.73. The summed E-state index contributed by atoms with van der Waals surface area (Å²) in [5.41, 5.74) is 2.39. The van der Waals surface area contributed by atoms with E-state index in [-0.39, 0.29) is 5.75 Å². The van der Waals surface area contributed by atoms with Crippen molar-refractivity contribution in [3.8, 4) is 6.07 Å². The minimum absolute atomic E-state index is 0.0516. The molecule has 0 saturated heterocycles. The predicted molar refractivity (Wildman–Crippen MR) is 97.7 cm³/mol. The molecule has 5 nitrogen and oxygen atoms in total. The fourth-order valence-electron chi connectivity index (χ4n) is 2.06. The highest BCUT2D eigenvalue weighted by Gasteiger charge is 2.18. The van der Waals surface area contributed by atoms with Crippen molar-refractivity contribution in [1.29, 1.82) is 5.26 Å². The number of thioether (sulfide) groups is 1. The van der Waals surface area contributed by atoms with E-state index in [0.29, 0.717) is 17.0 Å². The molecule has 0 spiro atoms.